The van der Waals surface area contributed by atoms with Crippen molar-refractivity contribution in [3.8, 4) is 11.5 Å². The number of anilines is 1. The van der Waals surface area contributed by atoms with E-state index in [-0.39, 0.29) is 5.91 Å². The van der Waals surface area contributed by atoms with Crippen molar-refractivity contribution in [2.75, 3.05) is 25.7 Å². The monoisotopic (exact) mass is 327 g/mol. The maximum absolute atomic E-state index is 13.1. The first-order valence-corrected chi connectivity index (χ1v) is 7.73. The lowest BCUT2D eigenvalue weighted by Gasteiger charge is -2.29. The Labute approximate surface area is 141 Å². The zero-order valence-corrected chi connectivity index (χ0v) is 14.4. The summed E-state index contributed by atoms with van der Waals surface area (Å²) in [5, 5.41) is 4.45. The fraction of sp³-hybridized carbons (Fsp3) is 0.333. The summed E-state index contributed by atoms with van der Waals surface area (Å²) in [6, 6.07) is 5.19. The number of nitrogens with zero attached hydrogens (tertiary/aromatic N) is 3. The zero-order chi connectivity index (χ0) is 17.4. The Hall–Kier alpha value is -2.76. The van der Waals surface area contributed by atoms with Crippen LogP contribution in [0.2, 0.25) is 0 Å². The topological polar surface area (TPSA) is 56.6 Å². The minimum atomic E-state index is -0.0901. The highest BCUT2D eigenvalue weighted by Crippen LogP contribution is 2.37. The van der Waals surface area contributed by atoms with Crippen LogP contribution in [0.3, 0.4) is 0 Å². The molecule has 2 aromatic rings. The largest absolute Gasteiger partial charge is 0.493 e. The van der Waals surface area contributed by atoms with Gasteiger partial charge in [-0.25, -0.2) is 0 Å². The molecule has 0 bridgehead atoms. The minimum Gasteiger partial charge on any atom is -0.493 e. The third-order valence-electron chi connectivity index (χ3n) is 4.31. The summed E-state index contributed by atoms with van der Waals surface area (Å²) in [5.74, 6) is 1.83. The molecule has 0 saturated heterocycles. The van der Waals surface area contributed by atoms with E-state index in [4.69, 9.17) is 9.47 Å². The lowest BCUT2D eigenvalue weighted by molar-refractivity contribution is 0.0984. The molecule has 0 fully saturated rings. The Morgan fingerprint density at radius 3 is 2.62 bits per heavy atom. The van der Waals surface area contributed by atoms with Crippen LogP contribution >= 0.6 is 0 Å². The summed E-state index contributed by atoms with van der Waals surface area (Å²) in [6.45, 7) is 6.64. The molecule has 126 valence electrons. The first-order chi connectivity index (χ1) is 11.5. The molecule has 1 aliphatic rings. The second-order valence-corrected chi connectivity index (χ2v) is 5.79. The number of benzene rings is 1. The lowest BCUT2D eigenvalue weighted by Crippen LogP contribution is -2.36. The van der Waals surface area contributed by atoms with Crippen LogP contribution in [-0.4, -0.2) is 36.5 Å². The van der Waals surface area contributed by atoms with Crippen molar-refractivity contribution in [2.24, 2.45) is 7.05 Å². The van der Waals surface area contributed by atoms with E-state index in [2.05, 4.69) is 11.7 Å². The second-order valence-electron chi connectivity index (χ2n) is 5.79. The molecule has 0 atom stereocenters. The molecule has 0 aliphatic carbocycles. The van der Waals surface area contributed by atoms with Gasteiger partial charge >= 0.3 is 0 Å². The van der Waals surface area contributed by atoms with Gasteiger partial charge in [0, 0.05) is 24.7 Å². The molecule has 1 aliphatic heterocycles. The fourth-order valence-electron chi connectivity index (χ4n) is 3.17. The van der Waals surface area contributed by atoms with E-state index in [0.29, 0.717) is 23.6 Å². The van der Waals surface area contributed by atoms with Gasteiger partial charge in [0.1, 0.15) is 5.82 Å². The van der Waals surface area contributed by atoms with Crippen molar-refractivity contribution in [1.82, 2.24) is 9.78 Å². The molecule has 3 rings (SSSR count). The standard InChI is InChI=1S/C18H21N3O3/c1-11-8-9-21(17-16(11)12(2)19-20(17)3)18(22)13-6-7-14(23-4)15(10-13)24-5/h6-7,10H,1,8-9H2,2-5H3. The summed E-state index contributed by atoms with van der Waals surface area (Å²) < 4.78 is 12.3. The van der Waals surface area contributed by atoms with Gasteiger partial charge in [-0.15, -0.1) is 0 Å². The highest BCUT2D eigenvalue weighted by molar-refractivity contribution is 6.08. The van der Waals surface area contributed by atoms with E-state index in [9.17, 15) is 4.79 Å². The molecule has 1 aromatic carbocycles. The van der Waals surface area contributed by atoms with Crippen molar-refractivity contribution < 1.29 is 14.3 Å². The Kier molecular flexibility index (Phi) is 4.05. The van der Waals surface area contributed by atoms with Crippen LogP contribution < -0.4 is 14.4 Å². The first-order valence-electron chi connectivity index (χ1n) is 7.73. The number of amides is 1. The Balaban J connectivity index is 2.03. The Morgan fingerprint density at radius 2 is 1.96 bits per heavy atom. The van der Waals surface area contributed by atoms with E-state index in [1.54, 1.807) is 42.0 Å². The predicted molar refractivity (Wildman–Crippen MR) is 92.8 cm³/mol. The normalized spacial score (nSPS) is 13.7. The first kappa shape index (κ1) is 16.1. The molecule has 0 saturated carbocycles. The van der Waals surface area contributed by atoms with E-state index in [0.717, 1.165) is 29.1 Å². The smallest absolute Gasteiger partial charge is 0.259 e. The molecule has 24 heavy (non-hydrogen) atoms. The number of carbonyl (C=O) groups is 1. The average molecular weight is 327 g/mol. The lowest BCUT2D eigenvalue weighted by atomic mass is 9.99. The SMILES string of the molecule is C=C1CCN(C(=O)c2ccc(OC)c(OC)c2)c2c1c(C)nn2C. The molecular formula is C18H21N3O3. The number of aromatic nitrogens is 2. The third kappa shape index (κ3) is 2.44. The summed E-state index contributed by atoms with van der Waals surface area (Å²) in [6.07, 6.45) is 0.735. The molecule has 6 nitrogen and oxygen atoms in total. The van der Waals surface area contributed by atoms with E-state index < -0.39 is 0 Å². The molecule has 0 radical (unpaired) electrons. The molecular weight excluding hydrogens is 306 g/mol. The maximum Gasteiger partial charge on any atom is 0.259 e. The van der Waals surface area contributed by atoms with Gasteiger partial charge in [0.25, 0.3) is 5.91 Å². The molecule has 6 heteroatoms. The minimum absolute atomic E-state index is 0.0901. The number of aryl methyl sites for hydroxylation is 2. The number of hydrogen-bond acceptors (Lipinski definition) is 4. The van der Waals surface area contributed by atoms with Gasteiger partial charge in [0.15, 0.2) is 11.5 Å². The van der Waals surface area contributed by atoms with Crippen molar-refractivity contribution >= 4 is 17.3 Å². The van der Waals surface area contributed by atoms with Crippen LogP contribution in [0.1, 0.15) is 28.0 Å². The molecule has 2 heterocycles. The molecule has 1 amide bonds. The number of ether oxygens (including phenoxy) is 2. The van der Waals surface area contributed by atoms with E-state index in [1.807, 2.05) is 14.0 Å². The molecule has 0 N–H and O–H groups in total. The van der Waals surface area contributed by atoms with Gasteiger partial charge in [-0.3, -0.25) is 14.4 Å². The van der Waals surface area contributed by atoms with Crippen LogP contribution in [0.25, 0.3) is 5.57 Å². The quantitative estimate of drug-likeness (QED) is 0.870. The summed E-state index contributed by atoms with van der Waals surface area (Å²) in [5.41, 5.74) is 3.43. The fourth-order valence-corrected chi connectivity index (χ4v) is 3.17. The van der Waals surface area contributed by atoms with Gasteiger partial charge in [-0.1, -0.05) is 6.58 Å². The average Bonchev–Trinajstić information content (AvgIpc) is 2.89. The Bertz CT molecular complexity index is 823. The van der Waals surface area contributed by atoms with Gasteiger partial charge in [0.2, 0.25) is 0 Å². The van der Waals surface area contributed by atoms with E-state index >= 15 is 0 Å². The summed E-state index contributed by atoms with van der Waals surface area (Å²) >= 11 is 0. The highest BCUT2D eigenvalue weighted by Gasteiger charge is 2.30. The third-order valence-corrected chi connectivity index (χ3v) is 4.31. The zero-order valence-electron chi connectivity index (χ0n) is 14.4. The number of fused-ring (bicyclic) bond motifs is 1. The number of methoxy groups -OCH3 is 2. The van der Waals surface area contributed by atoms with Gasteiger partial charge in [-0.2, -0.15) is 5.10 Å². The summed E-state index contributed by atoms with van der Waals surface area (Å²) in [7, 11) is 4.97. The van der Waals surface area contributed by atoms with Gasteiger partial charge < -0.3 is 9.47 Å². The van der Waals surface area contributed by atoms with Gasteiger partial charge in [0.05, 0.1) is 19.9 Å². The Morgan fingerprint density at radius 1 is 1.25 bits per heavy atom. The van der Waals surface area contributed by atoms with Crippen molar-refractivity contribution in [3.63, 3.8) is 0 Å². The van der Waals surface area contributed by atoms with E-state index in [1.165, 1.54) is 0 Å². The number of carbonyl (C=O) groups excluding carboxylic acids is 1. The van der Waals surface area contributed by atoms with Crippen LogP contribution in [0, 0.1) is 6.92 Å². The highest BCUT2D eigenvalue weighted by atomic mass is 16.5. The van der Waals surface area contributed by atoms with Crippen LogP contribution in [-0.2, 0) is 7.05 Å². The van der Waals surface area contributed by atoms with Crippen molar-refractivity contribution in [3.05, 3.63) is 41.6 Å². The molecule has 1 aromatic heterocycles. The van der Waals surface area contributed by atoms with Crippen LogP contribution in [0.4, 0.5) is 5.82 Å². The molecule has 0 unspecified atom stereocenters. The number of rotatable bonds is 3. The summed E-state index contributed by atoms with van der Waals surface area (Å²) in [4.78, 5) is 14.8. The number of hydrogen-bond donors (Lipinski definition) is 0. The van der Waals surface area contributed by atoms with Crippen LogP contribution in [0.15, 0.2) is 24.8 Å². The van der Waals surface area contributed by atoms with Gasteiger partial charge in [-0.05, 0) is 37.1 Å². The van der Waals surface area contributed by atoms with Crippen LogP contribution in [0.5, 0.6) is 11.5 Å². The molecule has 0 spiro atoms. The van der Waals surface area contributed by atoms with Crippen molar-refractivity contribution in [1.29, 1.82) is 0 Å². The van der Waals surface area contributed by atoms with Crippen molar-refractivity contribution in [2.45, 2.75) is 13.3 Å². The second kappa shape index (κ2) is 6.03. The predicted octanol–water partition coefficient (Wildman–Crippen LogP) is 2.81. The maximum atomic E-state index is 13.1.